The van der Waals surface area contributed by atoms with Gasteiger partial charge >= 0.3 is 0 Å². The van der Waals surface area contributed by atoms with E-state index in [4.69, 9.17) is 0 Å². The molecule has 4 nitrogen and oxygen atoms in total. The summed E-state index contributed by atoms with van der Waals surface area (Å²) in [6, 6.07) is 0. The van der Waals surface area contributed by atoms with Crippen LogP contribution in [0.3, 0.4) is 0 Å². The zero-order chi connectivity index (χ0) is 7.97. The fourth-order valence-corrected chi connectivity index (χ4v) is 1.28. The molecule has 0 saturated heterocycles. The van der Waals surface area contributed by atoms with Gasteiger partial charge in [0.05, 0.1) is 6.20 Å². The molecule has 3 rings (SSSR count). The summed E-state index contributed by atoms with van der Waals surface area (Å²) in [5.41, 5.74) is 0.847. The van der Waals surface area contributed by atoms with Gasteiger partial charge in [0.25, 0.3) is 0 Å². The van der Waals surface area contributed by atoms with Crippen molar-refractivity contribution in [2.24, 2.45) is 0 Å². The van der Waals surface area contributed by atoms with Crippen molar-refractivity contribution < 1.29 is 0 Å². The highest BCUT2D eigenvalue weighted by Crippen LogP contribution is 2.37. The average Bonchev–Trinajstić information content (AvgIpc) is 2.85. The lowest BCUT2D eigenvalue weighted by Crippen LogP contribution is -1.87. The van der Waals surface area contributed by atoms with Gasteiger partial charge in [-0.3, -0.25) is 4.98 Å². The topological polar surface area (TPSA) is 43.1 Å². The van der Waals surface area contributed by atoms with Crippen LogP contribution in [-0.4, -0.2) is 19.6 Å². The molecule has 0 radical (unpaired) electrons. The van der Waals surface area contributed by atoms with Gasteiger partial charge in [-0.15, -0.1) is 0 Å². The lowest BCUT2D eigenvalue weighted by atomic mass is 10.4. The Balaban J connectivity index is 2.23. The van der Waals surface area contributed by atoms with Crippen molar-refractivity contribution in [3.8, 4) is 0 Å². The highest BCUT2D eigenvalue weighted by molar-refractivity contribution is 5.34. The van der Waals surface area contributed by atoms with Crippen molar-refractivity contribution in [3.05, 3.63) is 24.4 Å². The van der Waals surface area contributed by atoms with Gasteiger partial charge in [-0.25, -0.2) is 9.50 Å². The van der Waals surface area contributed by atoms with Gasteiger partial charge in [0.2, 0.25) is 0 Å². The fraction of sp³-hybridized carbons (Fsp3) is 0.375. The molecule has 2 aromatic rings. The predicted molar refractivity (Wildman–Crippen MR) is 42.8 cm³/mol. The Bertz CT molecular complexity index is 383. The van der Waals surface area contributed by atoms with E-state index in [0.29, 0.717) is 5.92 Å². The van der Waals surface area contributed by atoms with Crippen LogP contribution in [0, 0.1) is 0 Å². The van der Waals surface area contributed by atoms with Crippen LogP contribution >= 0.6 is 0 Å². The van der Waals surface area contributed by atoms with Crippen LogP contribution < -0.4 is 0 Å². The van der Waals surface area contributed by atoms with Crippen LogP contribution in [0.15, 0.2) is 18.6 Å². The SMILES string of the molecule is c1cn2nc(C3CC3)nc2cn1. The van der Waals surface area contributed by atoms with Crippen molar-refractivity contribution in [3.63, 3.8) is 0 Å². The van der Waals surface area contributed by atoms with E-state index in [1.165, 1.54) is 12.8 Å². The summed E-state index contributed by atoms with van der Waals surface area (Å²) < 4.78 is 1.78. The van der Waals surface area contributed by atoms with E-state index in [1.807, 2.05) is 6.20 Å². The Morgan fingerprint density at radius 3 is 3.08 bits per heavy atom. The van der Waals surface area contributed by atoms with Gasteiger partial charge in [0, 0.05) is 18.3 Å². The fourth-order valence-electron chi connectivity index (χ4n) is 1.28. The quantitative estimate of drug-likeness (QED) is 0.625. The maximum Gasteiger partial charge on any atom is 0.173 e. The number of nitrogens with zero attached hydrogens (tertiary/aromatic N) is 4. The molecule has 1 aliphatic carbocycles. The molecule has 0 amide bonds. The summed E-state index contributed by atoms with van der Waals surface area (Å²) >= 11 is 0. The lowest BCUT2D eigenvalue weighted by Gasteiger charge is -1.84. The molecule has 4 heteroatoms. The zero-order valence-corrected chi connectivity index (χ0v) is 6.51. The van der Waals surface area contributed by atoms with Gasteiger partial charge < -0.3 is 0 Å². The minimum atomic E-state index is 0.616. The third-order valence-corrected chi connectivity index (χ3v) is 2.10. The Hall–Kier alpha value is -1.45. The van der Waals surface area contributed by atoms with Crippen LogP contribution in [-0.2, 0) is 0 Å². The molecular weight excluding hydrogens is 152 g/mol. The van der Waals surface area contributed by atoms with Gasteiger partial charge in [-0.05, 0) is 12.8 Å². The number of hydrogen-bond acceptors (Lipinski definition) is 3. The Kier molecular flexibility index (Phi) is 1.03. The van der Waals surface area contributed by atoms with E-state index in [-0.39, 0.29) is 0 Å². The minimum Gasteiger partial charge on any atom is -0.259 e. The minimum absolute atomic E-state index is 0.616. The molecule has 1 aliphatic rings. The molecular formula is C8H8N4. The molecule has 12 heavy (non-hydrogen) atoms. The van der Waals surface area contributed by atoms with E-state index >= 15 is 0 Å². The summed E-state index contributed by atoms with van der Waals surface area (Å²) in [6.07, 6.45) is 7.76. The first-order chi connectivity index (χ1) is 5.93. The van der Waals surface area contributed by atoms with E-state index in [1.54, 1.807) is 16.9 Å². The second kappa shape index (κ2) is 2.03. The number of fused-ring (bicyclic) bond motifs is 1. The number of aromatic nitrogens is 4. The second-order valence-corrected chi connectivity index (χ2v) is 3.12. The third-order valence-electron chi connectivity index (χ3n) is 2.10. The molecule has 2 aromatic heterocycles. The molecule has 1 saturated carbocycles. The molecule has 0 atom stereocenters. The van der Waals surface area contributed by atoms with Crippen LogP contribution in [0.4, 0.5) is 0 Å². The molecule has 0 N–H and O–H groups in total. The first kappa shape index (κ1) is 6.11. The summed E-state index contributed by atoms with van der Waals surface area (Å²) in [7, 11) is 0. The molecule has 1 fully saturated rings. The number of rotatable bonds is 1. The van der Waals surface area contributed by atoms with Gasteiger partial charge in [0.15, 0.2) is 11.5 Å². The Labute approximate surface area is 69.3 Å². The highest BCUT2D eigenvalue weighted by Gasteiger charge is 2.27. The van der Waals surface area contributed by atoms with Crippen molar-refractivity contribution in [2.75, 3.05) is 0 Å². The van der Waals surface area contributed by atoms with E-state index in [9.17, 15) is 0 Å². The van der Waals surface area contributed by atoms with Crippen LogP contribution in [0.5, 0.6) is 0 Å². The van der Waals surface area contributed by atoms with Crippen LogP contribution in [0.2, 0.25) is 0 Å². The highest BCUT2D eigenvalue weighted by atomic mass is 15.3. The first-order valence-electron chi connectivity index (χ1n) is 4.10. The van der Waals surface area contributed by atoms with Gasteiger partial charge in [0.1, 0.15) is 0 Å². The first-order valence-corrected chi connectivity index (χ1v) is 4.10. The molecule has 60 valence electrons. The average molecular weight is 160 g/mol. The molecule has 0 unspecified atom stereocenters. The molecule has 0 aliphatic heterocycles. The summed E-state index contributed by atoms with van der Waals surface area (Å²) in [6.45, 7) is 0. The normalized spacial score (nSPS) is 17.0. The molecule has 0 spiro atoms. The maximum atomic E-state index is 4.36. The lowest BCUT2D eigenvalue weighted by molar-refractivity contribution is 0.873. The van der Waals surface area contributed by atoms with Crippen molar-refractivity contribution in [2.45, 2.75) is 18.8 Å². The van der Waals surface area contributed by atoms with Crippen molar-refractivity contribution in [1.29, 1.82) is 0 Å². The van der Waals surface area contributed by atoms with Crippen LogP contribution in [0.25, 0.3) is 5.65 Å². The van der Waals surface area contributed by atoms with Gasteiger partial charge in [-0.2, -0.15) is 5.10 Å². The Morgan fingerprint density at radius 2 is 2.33 bits per heavy atom. The summed E-state index contributed by atoms with van der Waals surface area (Å²) in [5.74, 6) is 1.59. The van der Waals surface area contributed by atoms with Crippen molar-refractivity contribution >= 4 is 5.65 Å². The molecule has 2 heterocycles. The summed E-state index contributed by atoms with van der Waals surface area (Å²) in [4.78, 5) is 8.35. The Morgan fingerprint density at radius 1 is 1.42 bits per heavy atom. The largest absolute Gasteiger partial charge is 0.259 e. The monoisotopic (exact) mass is 160 g/mol. The maximum absolute atomic E-state index is 4.36. The van der Waals surface area contributed by atoms with E-state index in [2.05, 4.69) is 15.1 Å². The summed E-state index contributed by atoms with van der Waals surface area (Å²) in [5, 5.41) is 4.34. The third kappa shape index (κ3) is 0.809. The smallest absolute Gasteiger partial charge is 0.173 e. The van der Waals surface area contributed by atoms with Crippen LogP contribution in [0.1, 0.15) is 24.6 Å². The number of hydrogen-bond donors (Lipinski definition) is 0. The zero-order valence-electron chi connectivity index (χ0n) is 6.51. The second-order valence-electron chi connectivity index (χ2n) is 3.12. The van der Waals surface area contributed by atoms with Gasteiger partial charge in [-0.1, -0.05) is 0 Å². The van der Waals surface area contributed by atoms with Crippen molar-refractivity contribution in [1.82, 2.24) is 19.6 Å². The molecule has 0 bridgehead atoms. The standard InChI is InChI=1S/C8H8N4/c1-2-6(1)8-10-7-5-9-3-4-12(7)11-8/h3-6H,1-2H2. The molecule has 0 aromatic carbocycles. The van der Waals surface area contributed by atoms with E-state index in [0.717, 1.165) is 11.5 Å². The predicted octanol–water partition coefficient (Wildman–Crippen LogP) is 1.00. The van der Waals surface area contributed by atoms with E-state index < -0.39 is 0 Å².